The van der Waals surface area contributed by atoms with Gasteiger partial charge in [-0.25, -0.2) is 0 Å². The third-order valence-electron chi connectivity index (χ3n) is 2.48. The fraction of sp³-hybridized carbons (Fsp3) is 0.250. The van der Waals surface area contributed by atoms with Crippen molar-refractivity contribution < 1.29 is 4.79 Å². The molecule has 1 unspecified atom stereocenters. The van der Waals surface area contributed by atoms with Gasteiger partial charge in [0, 0.05) is 17.0 Å². The van der Waals surface area contributed by atoms with Crippen LogP contribution in [-0.2, 0) is 0 Å². The number of ketones is 1. The zero-order valence-electron chi connectivity index (χ0n) is 8.04. The second kappa shape index (κ2) is 4.38. The summed E-state index contributed by atoms with van der Waals surface area (Å²) in [6, 6.07) is 7.45. The van der Waals surface area contributed by atoms with E-state index in [1.54, 1.807) is 6.08 Å². The Morgan fingerprint density at radius 1 is 1.27 bits per heavy atom. The van der Waals surface area contributed by atoms with E-state index in [9.17, 15) is 4.79 Å². The third-order valence-corrected chi connectivity index (χ3v) is 3.42. The van der Waals surface area contributed by atoms with Crippen LogP contribution >= 0.6 is 23.2 Å². The standard InChI is InChI=1S/C12H10Cl2O/c13-10-5-6-12(15)9-4-2-1-3-8(9)7-11(10)14/h1-4,7,10H,5-6H2/b11-7-. The Kier molecular flexibility index (Phi) is 3.13. The fourth-order valence-electron chi connectivity index (χ4n) is 1.65. The monoisotopic (exact) mass is 240 g/mol. The molecule has 0 heterocycles. The molecule has 0 radical (unpaired) electrons. The molecule has 0 amide bonds. The van der Waals surface area contributed by atoms with Gasteiger partial charge in [0.2, 0.25) is 0 Å². The highest BCUT2D eigenvalue weighted by Crippen LogP contribution is 2.27. The number of alkyl halides is 1. The van der Waals surface area contributed by atoms with Gasteiger partial charge in [0.1, 0.15) is 0 Å². The van der Waals surface area contributed by atoms with Gasteiger partial charge in [-0.15, -0.1) is 11.6 Å². The van der Waals surface area contributed by atoms with E-state index in [2.05, 4.69) is 0 Å². The molecule has 1 aliphatic rings. The van der Waals surface area contributed by atoms with E-state index in [1.165, 1.54) is 0 Å². The van der Waals surface area contributed by atoms with Crippen molar-refractivity contribution in [2.45, 2.75) is 18.2 Å². The Morgan fingerprint density at radius 3 is 2.80 bits per heavy atom. The van der Waals surface area contributed by atoms with Gasteiger partial charge < -0.3 is 0 Å². The first kappa shape index (κ1) is 10.7. The van der Waals surface area contributed by atoms with Gasteiger partial charge in [0.25, 0.3) is 0 Å². The summed E-state index contributed by atoms with van der Waals surface area (Å²) in [5.74, 6) is 0.136. The van der Waals surface area contributed by atoms with Crippen LogP contribution < -0.4 is 0 Å². The third kappa shape index (κ3) is 2.24. The number of carbonyl (C=O) groups is 1. The van der Waals surface area contributed by atoms with Crippen molar-refractivity contribution >= 4 is 35.1 Å². The number of Topliss-reactive ketones (excluding diaryl/α,β-unsaturated/α-hetero) is 1. The van der Waals surface area contributed by atoms with Crippen LogP contribution in [0.1, 0.15) is 28.8 Å². The van der Waals surface area contributed by atoms with Gasteiger partial charge in [0.05, 0.1) is 5.38 Å². The molecule has 0 aliphatic heterocycles. The lowest BCUT2D eigenvalue weighted by Gasteiger charge is -2.13. The maximum atomic E-state index is 11.8. The Hall–Kier alpha value is -0.790. The second-order valence-corrected chi connectivity index (χ2v) is 4.51. The predicted octanol–water partition coefficient (Wildman–Crippen LogP) is 3.85. The van der Waals surface area contributed by atoms with E-state index in [0.29, 0.717) is 17.9 Å². The van der Waals surface area contributed by atoms with Crippen LogP contribution in [0.25, 0.3) is 6.08 Å². The molecule has 1 aromatic carbocycles. The molecule has 1 aromatic rings. The first-order chi connectivity index (χ1) is 7.18. The number of halogens is 2. The Labute approximate surface area is 98.7 Å². The molecule has 1 atom stereocenters. The van der Waals surface area contributed by atoms with Crippen LogP contribution in [0, 0.1) is 0 Å². The van der Waals surface area contributed by atoms with Crippen LogP contribution in [0.3, 0.4) is 0 Å². The van der Waals surface area contributed by atoms with Crippen molar-refractivity contribution in [3.05, 3.63) is 40.4 Å². The lowest BCUT2D eigenvalue weighted by molar-refractivity contribution is 0.0980. The summed E-state index contributed by atoms with van der Waals surface area (Å²) in [6.07, 6.45) is 2.84. The highest BCUT2D eigenvalue weighted by Gasteiger charge is 2.18. The highest BCUT2D eigenvalue weighted by molar-refractivity contribution is 6.39. The van der Waals surface area contributed by atoms with Crippen LogP contribution in [0.15, 0.2) is 29.3 Å². The van der Waals surface area contributed by atoms with E-state index >= 15 is 0 Å². The van der Waals surface area contributed by atoms with Gasteiger partial charge in [-0.3, -0.25) is 4.79 Å². The first-order valence-electron chi connectivity index (χ1n) is 4.82. The molecule has 0 aromatic heterocycles. The zero-order chi connectivity index (χ0) is 10.8. The lowest BCUT2D eigenvalue weighted by atomic mass is 9.96. The lowest BCUT2D eigenvalue weighted by Crippen LogP contribution is -2.09. The molecular weight excluding hydrogens is 231 g/mol. The number of carbonyl (C=O) groups excluding carboxylic acids is 1. The van der Waals surface area contributed by atoms with Crippen LogP contribution in [0.2, 0.25) is 0 Å². The fourth-order valence-corrected chi connectivity index (χ4v) is 2.04. The molecule has 1 nitrogen and oxygen atoms in total. The molecule has 0 saturated carbocycles. The Morgan fingerprint density at radius 2 is 2.00 bits per heavy atom. The summed E-state index contributed by atoms with van der Waals surface area (Å²) in [5, 5.41) is 0.362. The minimum atomic E-state index is -0.246. The number of hydrogen-bond acceptors (Lipinski definition) is 1. The Balaban J connectivity index is 2.53. The van der Waals surface area contributed by atoms with Crippen molar-refractivity contribution in [3.8, 4) is 0 Å². The largest absolute Gasteiger partial charge is 0.294 e. The van der Waals surface area contributed by atoms with Crippen molar-refractivity contribution in [1.29, 1.82) is 0 Å². The summed E-state index contributed by atoms with van der Waals surface area (Å²) in [5.41, 5.74) is 1.59. The summed E-state index contributed by atoms with van der Waals surface area (Å²) < 4.78 is 0. The molecule has 3 heteroatoms. The molecule has 0 saturated heterocycles. The number of fused-ring (bicyclic) bond motifs is 1. The predicted molar refractivity (Wildman–Crippen MR) is 63.5 cm³/mol. The van der Waals surface area contributed by atoms with Crippen LogP contribution in [0.5, 0.6) is 0 Å². The average Bonchev–Trinajstić information content (AvgIpc) is 2.24. The summed E-state index contributed by atoms with van der Waals surface area (Å²) in [6.45, 7) is 0. The molecule has 0 bridgehead atoms. The number of benzene rings is 1. The smallest absolute Gasteiger partial charge is 0.163 e. The van der Waals surface area contributed by atoms with Gasteiger partial charge in [-0.05, 0) is 18.1 Å². The topological polar surface area (TPSA) is 17.1 Å². The van der Waals surface area contributed by atoms with E-state index in [1.807, 2.05) is 24.3 Å². The molecule has 15 heavy (non-hydrogen) atoms. The van der Waals surface area contributed by atoms with E-state index in [4.69, 9.17) is 23.2 Å². The number of allylic oxidation sites excluding steroid dienone is 1. The second-order valence-electron chi connectivity index (χ2n) is 3.55. The van der Waals surface area contributed by atoms with Crippen molar-refractivity contribution in [2.24, 2.45) is 0 Å². The molecular formula is C12H10Cl2O. The maximum absolute atomic E-state index is 11.8. The number of rotatable bonds is 0. The van der Waals surface area contributed by atoms with Gasteiger partial charge in [-0.2, -0.15) is 0 Å². The van der Waals surface area contributed by atoms with Crippen molar-refractivity contribution in [1.82, 2.24) is 0 Å². The SMILES string of the molecule is O=C1CCC(Cl)/C(Cl)=C/c2ccccc21. The van der Waals surface area contributed by atoms with Crippen LogP contribution in [-0.4, -0.2) is 11.2 Å². The van der Waals surface area contributed by atoms with E-state index in [-0.39, 0.29) is 11.2 Å². The van der Waals surface area contributed by atoms with Gasteiger partial charge >= 0.3 is 0 Å². The highest BCUT2D eigenvalue weighted by atomic mass is 35.5. The summed E-state index contributed by atoms with van der Waals surface area (Å²) in [4.78, 5) is 11.8. The van der Waals surface area contributed by atoms with Crippen molar-refractivity contribution in [2.75, 3.05) is 0 Å². The minimum Gasteiger partial charge on any atom is -0.294 e. The summed E-state index contributed by atoms with van der Waals surface area (Å²) >= 11 is 12.1. The van der Waals surface area contributed by atoms with Gasteiger partial charge in [0.15, 0.2) is 5.78 Å². The van der Waals surface area contributed by atoms with E-state index < -0.39 is 0 Å². The molecule has 0 fully saturated rings. The maximum Gasteiger partial charge on any atom is 0.163 e. The average molecular weight is 241 g/mol. The normalized spacial score (nSPS) is 24.8. The Bertz CT molecular complexity index is 423. The zero-order valence-corrected chi connectivity index (χ0v) is 9.55. The first-order valence-corrected chi connectivity index (χ1v) is 5.63. The molecule has 0 N–H and O–H groups in total. The molecule has 1 aliphatic carbocycles. The van der Waals surface area contributed by atoms with Crippen LogP contribution in [0.4, 0.5) is 0 Å². The molecule has 78 valence electrons. The molecule has 2 rings (SSSR count). The minimum absolute atomic E-state index is 0.136. The van der Waals surface area contributed by atoms with Crippen molar-refractivity contribution in [3.63, 3.8) is 0 Å². The van der Waals surface area contributed by atoms with E-state index in [0.717, 1.165) is 11.1 Å². The molecule has 0 spiro atoms. The summed E-state index contributed by atoms with van der Waals surface area (Å²) in [7, 11) is 0. The quantitative estimate of drug-likeness (QED) is 0.630. The van der Waals surface area contributed by atoms with Gasteiger partial charge in [-0.1, -0.05) is 35.9 Å². The number of hydrogen-bond donors (Lipinski definition) is 0.